The van der Waals surface area contributed by atoms with Crippen LogP contribution in [0.2, 0.25) is 0 Å². The van der Waals surface area contributed by atoms with Gasteiger partial charge in [-0.15, -0.1) is 0 Å². The fourth-order valence-corrected chi connectivity index (χ4v) is 4.75. The van der Waals surface area contributed by atoms with Crippen molar-refractivity contribution in [2.45, 2.75) is 24.9 Å². The minimum absolute atomic E-state index is 0.182. The van der Waals surface area contributed by atoms with Gasteiger partial charge in [-0.25, -0.2) is 9.18 Å². The van der Waals surface area contributed by atoms with E-state index in [1.54, 1.807) is 6.07 Å². The van der Waals surface area contributed by atoms with Gasteiger partial charge in [0, 0.05) is 12.0 Å². The number of alkyl carbamates (subject to hydrolysis) is 1. The Morgan fingerprint density at radius 2 is 1.74 bits per heavy atom. The number of carbonyl (C=O) groups excluding carboxylic acids is 1. The fourth-order valence-electron chi connectivity index (χ4n) is 4.75. The van der Waals surface area contributed by atoms with Crippen molar-refractivity contribution in [3.8, 4) is 0 Å². The van der Waals surface area contributed by atoms with Crippen LogP contribution in [-0.4, -0.2) is 25.7 Å². The van der Waals surface area contributed by atoms with Crippen LogP contribution in [-0.2, 0) is 16.8 Å². The molecule has 5 heteroatoms. The maximum Gasteiger partial charge on any atom is 0.407 e. The third-order valence-electron chi connectivity index (χ3n) is 6.08. The zero-order valence-electron chi connectivity index (χ0n) is 15.3. The fraction of sp³-hybridized carbons (Fsp3) is 0.409. The Morgan fingerprint density at radius 3 is 2.44 bits per heavy atom. The number of hydrogen-bond donors (Lipinski definition) is 2. The van der Waals surface area contributed by atoms with Gasteiger partial charge in [0.05, 0.1) is 0 Å². The summed E-state index contributed by atoms with van der Waals surface area (Å²) in [7, 11) is 0. The van der Waals surface area contributed by atoms with Gasteiger partial charge in [0.15, 0.2) is 0 Å². The lowest BCUT2D eigenvalue weighted by Crippen LogP contribution is -2.36. The SMILES string of the molecule is O=C(NCC1(c2ccccc2F)[C@@H]2CCNCC[C@@H]21)OCc1ccccc1. The molecule has 2 N–H and O–H groups in total. The molecule has 1 amide bonds. The van der Waals surface area contributed by atoms with Crippen molar-refractivity contribution >= 4 is 6.09 Å². The van der Waals surface area contributed by atoms with Gasteiger partial charge >= 0.3 is 6.09 Å². The standard InChI is InChI=1S/C22H25FN2O2/c23-20-9-5-4-8-19(20)22(17-10-12-24-13-11-18(17)22)15-25-21(26)27-14-16-6-2-1-3-7-16/h1-9,17-18,24H,10-15H2,(H,25,26)/t17-,18+,22?. The van der Waals surface area contributed by atoms with Crippen molar-refractivity contribution in [2.75, 3.05) is 19.6 Å². The Bertz CT molecular complexity index is 784. The summed E-state index contributed by atoms with van der Waals surface area (Å²) in [4.78, 5) is 12.2. The average molecular weight is 368 g/mol. The van der Waals surface area contributed by atoms with E-state index in [0.717, 1.165) is 37.1 Å². The molecule has 0 bridgehead atoms. The van der Waals surface area contributed by atoms with E-state index in [4.69, 9.17) is 4.74 Å². The van der Waals surface area contributed by atoms with Crippen LogP contribution in [0.5, 0.6) is 0 Å². The lowest BCUT2D eigenvalue weighted by Gasteiger charge is -2.22. The molecule has 2 aromatic carbocycles. The highest BCUT2D eigenvalue weighted by molar-refractivity contribution is 5.67. The van der Waals surface area contributed by atoms with Crippen LogP contribution in [0.3, 0.4) is 0 Å². The second-order valence-electron chi connectivity index (χ2n) is 7.48. The largest absolute Gasteiger partial charge is 0.445 e. The van der Waals surface area contributed by atoms with E-state index in [9.17, 15) is 9.18 Å². The van der Waals surface area contributed by atoms with Crippen molar-refractivity contribution in [3.63, 3.8) is 0 Å². The first kappa shape index (κ1) is 18.0. The number of ether oxygens (including phenoxy) is 1. The zero-order valence-corrected chi connectivity index (χ0v) is 15.3. The molecule has 1 unspecified atom stereocenters. The predicted octanol–water partition coefficient (Wildman–Crippen LogP) is 3.62. The molecule has 4 nitrogen and oxygen atoms in total. The number of benzene rings is 2. The van der Waals surface area contributed by atoms with E-state index in [1.165, 1.54) is 6.07 Å². The Hall–Kier alpha value is -2.40. The Balaban J connectivity index is 1.45. The molecule has 0 radical (unpaired) electrons. The molecule has 1 saturated carbocycles. The molecule has 142 valence electrons. The molecule has 1 aliphatic heterocycles. The van der Waals surface area contributed by atoms with E-state index in [0.29, 0.717) is 18.4 Å². The molecule has 0 spiro atoms. The second-order valence-corrected chi connectivity index (χ2v) is 7.48. The first-order valence-electron chi connectivity index (χ1n) is 9.62. The second kappa shape index (κ2) is 7.69. The summed E-state index contributed by atoms with van der Waals surface area (Å²) in [5, 5.41) is 6.32. The van der Waals surface area contributed by atoms with Gasteiger partial charge in [-0.05, 0) is 55.0 Å². The van der Waals surface area contributed by atoms with Crippen molar-refractivity contribution in [2.24, 2.45) is 11.8 Å². The molecule has 27 heavy (non-hydrogen) atoms. The Morgan fingerprint density at radius 1 is 1.07 bits per heavy atom. The smallest absolute Gasteiger partial charge is 0.407 e. The molecule has 4 rings (SSSR count). The van der Waals surface area contributed by atoms with Gasteiger partial charge in [-0.3, -0.25) is 0 Å². The van der Waals surface area contributed by atoms with Crippen LogP contribution in [0.4, 0.5) is 9.18 Å². The van der Waals surface area contributed by atoms with Gasteiger partial charge < -0.3 is 15.4 Å². The minimum Gasteiger partial charge on any atom is -0.445 e. The summed E-state index contributed by atoms with van der Waals surface area (Å²) >= 11 is 0. The van der Waals surface area contributed by atoms with E-state index < -0.39 is 6.09 Å². The molecule has 0 aromatic heterocycles. The summed E-state index contributed by atoms with van der Waals surface area (Å²) in [6, 6.07) is 16.6. The first-order chi connectivity index (χ1) is 13.2. The number of amides is 1. The number of hydrogen-bond acceptors (Lipinski definition) is 3. The van der Waals surface area contributed by atoms with E-state index in [2.05, 4.69) is 10.6 Å². The molecule has 1 aliphatic carbocycles. The molecule has 2 fully saturated rings. The molecule has 3 atom stereocenters. The number of halogens is 1. The van der Waals surface area contributed by atoms with Gasteiger partial charge in [-0.1, -0.05) is 48.5 Å². The molecule has 1 saturated heterocycles. The third-order valence-corrected chi connectivity index (χ3v) is 6.08. The highest BCUT2D eigenvalue weighted by atomic mass is 19.1. The third kappa shape index (κ3) is 3.56. The zero-order chi connectivity index (χ0) is 18.7. The number of nitrogens with one attached hydrogen (secondary N) is 2. The lowest BCUT2D eigenvalue weighted by molar-refractivity contribution is 0.138. The summed E-state index contributed by atoms with van der Waals surface area (Å²) in [5.41, 5.74) is 1.35. The summed E-state index contributed by atoms with van der Waals surface area (Å²) in [6.45, 7) is 2.53. The van der Waals surface area contributed by atoms with E-state index >= 15 is 0 Å². The molecule has 2 aromatic rings. The number of carbonyl (C=O) groups is 1. The quantitative estimate of drug-likeness (QED) is 0.848. The first-order valence-corrected chi connectivity index (χ1v) is 9.62. The Kier molecular flexibility index (Phi) is 5.12. The average Bonchev–Trinajstić information content (AvgIpc) is 3.38. The molecule has 1 heterocycles. The number of fused-ring (bicyclic) bond motifs is 1. The van der Waals surface area contributed by atoms with Crippen LogP contribution in [0.15, 0.2) is 54.6 Å². The maximum absolute atomic E-state index is 14.6. The van der Waals surface area contributed by atoms with Gasteiger partial charge in [0.25, 0.3) is 0 Å². The predicted molar refractivity (Wildman–Crippen MR) is 102 cm³/mol. The molecular formula is C22H25FN2O2. The summed E-state index contributed by atoms with van der Waals surface area (Å²) in [6.07, 6.45) is 1.55. The maximum atomic E-state index is 14.6. The van der Waals surface area contributed by atoms with Gasteiger partial charge in [0.1, 0.15) is 12.4 Å². The van der Waals surface area contributed by atoms with E-state index in [1.807, 2.05) is 42.5 Å². The molecular weight excluding hydrogens is 343 g/mol. The van der Waals surface area contributed by atoms with Crippen LogP contribution >= 0.6 is 0 Å². The van der Waals surface area contributed by atoms with Gasteiger partial charge in [0.2, 0.25) is 0 Å². The summed E-state index contributed by atoms with van der Waals surface area (Å²) in [5.74, 6) is 0.593. The Labute approximate surface area is 159 Å². The van der Waals surface area contributed by atoms with Crippen molar-refractivity contribution in [1.29, 1.82) is 0 Å². The van der Waals surface area contributed by atoms with Crippen LogP contribution in [0, 0.1) is 17.7 Å². The monoisotopic (exact) mass is 368 g/mol. The van der Waals surface area contributed by atoms with E-state index in [-0.39, 0.29) is 17.8 Å². The van der Waals surface area contributed by atoms with Gasteiger partial charge in [-0.2, -0.15) is 0 Å². The van der Waals surface area contributed by atoms with Crippen LogP contribution in [0.25, 0.3) is 0 Å². The highest BCUT2D eigenvalue weighted by Gasteiger charge is 2.65. The normalized spacial score (nSPS) is 26.6. The minimum atomic E-state index is -0.450. The van der Waals surface area contributed by atoms with Crippen LogP contribution in [0.1, 0.15) is 24.0 Å². The van der Waals surface area contributed by atoms with Crippen molar-refractivity contribution < 1.29 is 13.9 Å². The topological polar surface area (TPSA) is 50.4 Å². The summed E-state index contributed by atoms with van der Waals surface area (Å²) < 4.78 is 19.9. The lowest BCUT2D eigenvalue weighted by atomic mass is 9.89. The van der Waals surface area contributed by atoms with Crippen molar-refractivity contribution in [3.05, 3.63) is 71.5 Å². The highest BCUT2D eigenvalue weighted by Crippen LogP contribution is 2.63. The van der Waals surface area contributed by atoms with Crippen LogP contribution < -0.4 is 10.6 Å². The number of rotatable bonds is 5. The van der Waals surface area contributed by atoms with Crippen molar-refractivity contribution in [1.82, 2.24) is 10.6 Å². The molecule has 2 aliphatic rings.